The predicted molar refractivity (Wildman–Crippen MR) is 125 cm³/mol. The monoisotopic (exact) mass is 451 g/mol. The van der Waals surface area contributed by atoms with Crippen LogP contribution in [-0.4, -0.2) is 53.4 Å². The summed E-state index contributed by atoms with van der Waals surface area (Å²) >= 11 is 1.87. The summed E-state index contributed by atoms with van der Waals surface area (Å²) in [6.45, 7) is 4.73. The van der Waals surface area contributed by atoms with Crippen molar-refractivity contribution in [2.24, 2.45) is 0 Å². The molecule has 0 amide bonds. The lowest BCUT2D eigenvalue weighted by Crippen LogP contribution is -2.35. The van der Waals surface area contributed by atoms with Crippen LogP contribution in [0.25, 0.3) is 10.8 Å². The summed E-state index contributed by atoms with van der Waals surface area (Å²) < 4.78 is 5.46. The van der Waals surface area contributed by atoms with Crippen LogP contribution < -0.4 is 0 Å². The maximum absolute atomic E-state index is 9.55. The van der Waals surface area contributed by atoms with Gasteiger partial charge in [-0.25, -0.2) is 9.59 Å². The van der Waals surface area contributed by atoms with Crippen molar-refractivity contribution < 1.29 is 24.5 Å². The van der Waals surface area contributed by atoms with Crippen LogP contribution >= 0.6 is 11.8 Å². The molecule has 1 aliphatic rings. The first-order valence-electron chi connectivity index (χ1n) is 10.2. The summed E-state index contributed by atoms with van der Waals surface area (Å²) in [4.78, 5) is 24.3. The Hall–Kier alpha value is -3.13. The van der Waals surface area contributed by atoms with Crippen molar-refractivity contribution in [1.82, 2.24) is 4.90 Å². The SMILES string of the molecule is O=C(O)C=CC(=O)O.c1ccc(Sc2cccc3ccccc23)c(CN2CCOCC2)c1. The molecule has 1 aliphatic heterocycles. The van der Waals surface area contributed by atoms with Crippen molar-refractivity contribution in [2.75, 3.05) is 26.3 Å². The molecule has 0 unspecified atom stereocenters. The third-order valence-electron chi connectivity index (χ3n) is 4.81. The van der Waals surface area contributed by atoms with Crippen LogP contribution in [0.5, 0.6) is 0 Å². The van der Waals surface area contributed by atoms with Crippen molar-refractivity contribution >= 4 is 34.5 Å². The normalized spacial score (nSPS) is 14.1. The summed E-state index contributed by atoms with van der Waals surface area (Å²) in [5.74, 6) is -2.51. The van der Waals surface area contributed by atoms with Gasteiger partial charge in [0.1, 0.15) is 0 Å². The average molecular weight is 452 g/mol. The van der Waals surface area contributed by atoms with Crippen LogP contribution in [0.2, 0.25) is 0 Å². The van der Waals surface area contributed by atoms with Crippen LogP contribution in [-0.2, 0) is 20.9 Å². The first-order valence-corrected chi connectivity index (χ1v) is 11.0. The highest BCUT2D eigenvalue weighted by Gasteiger charge is 2.13. The van der Waals surface area contributed by atoms with E-state index in [-0.39, 0.29) is 0 Å². The quantitative estimate of drug-likeness (QED) is 0.532. The second-order valence-corrected chi connectivity index (χ2v) is 8.17. The molecular formula is C25H25NO5S. The van der Waals surface area contributed by atoms with Gasteiger partial charge in [0.15, 0.2) is 0 Å². The maximum Gasteiger partial charge on any atom is 0.328 e. The molecule has 6 nitrogen and oxygen atoms in total. The van der Waals surface area contributed by atoms with Crippen LogP contribution in [0.4, 0.5) is 0 Å². The van der Waals surface area contributed by atoms with E-state index in [0.717, 1.165) is 32.8 Å². The third-order valence-corrected chi connectivity index (χ3v) is 6.00. The molecule has 1 fully saturated rings. The lowest BCUT2D eigenvalue weighted by Gasteiger charge is -2.27. The van der Waals surface area contributed by atoms with Gasteiger partial charge in [-0.2, -0.15) is 0 Å². The van der Waals surface area contributed by atoms with E-state index in [1.807, 2.05) is 11.8 Å². The number of aliphatic carboxylic acids is 2. The lowest BCUT2D eigenvalue weighted by molar-refractivity contribution is -0.134. The number of hydrogen-bond acceptors (Lipinski definition) is 5. The molecule has 1 heterocycles. The molecule has 3 aromatic rings. The van der Waals surface area contributed by atoms with Gasteiger partial charge in [0.25, 0.3) is 0 Å². The summed E-state index contributed by atoms with van der Waals surface area (Å²) in [6.07, 6.45) is 1.12. The van der Waals surface area contributed by atoms with Gasteiger partial charge < -0.3 is 14.9 Å². The minimum atomic E-state index is -1.26. The van der Waals surface area contributed by atoms with E-state index in [1.54, 1.807) is 0 Å². The zero-order valence-corrected chi connectivity index (χ0v) is 18.3. The summed E-state index contributed by atoms with van der Waals surface area (Å²) in [6, 6.07) is 23.9. The number of carboxylic acids is 2. The van der Waals surface area contributed by atoms with Crippen LogP contribution in [0.15, 0.2) is 88.7 Å². The van der Waals surface area contributed by atoms with Gasteiger partial charge in [0.2, 0.25) is 0 Å². The van der Waals surface area contributed by atoms with E-state index in [2.05, 4.69) is 71.6 Å². The van der Waals surface area contributed by atoms with Gasteiger partial charge in [-0.1, -0.05) is 66.4 Å². The molecule has 32 heavy (non-hydrogen) atoms. The second kappa shape index (κ2) is 12.0. The van der Waals surface area contributed by atoms with Gasteiger partial charge in [0, 0.05) is 41.6 Å². The van der Waals surface area contributed by atoms with E-state index in [4.69, 9.17) is 14.9 Å². The molecule has 0 radical (unpaired) electrons. The Morgan fingerprint density at radius 2 is 1.44 bits per heavy atom. The molecule has 1 saturated heterocycles. The highest BCUT2D eigenvalue weighted by Crippen LogP contribution is 2.35. The van der Waals surface area contributed by atoms with Crippen LogP contribution in [0.1, 0.15) is 5.56 Å². The zero-order valence-electron chi connectivity index (χ0n) is 17.5. The molecule has 0 atom stereocenters. The van der Waals surface area contributed by atoms with Crippen LogP contribution in [0.3, 0.4) is 0 Å². The smallest absolute Gasteiger partial charge is 0.328 e. The fourth-order valence-corrected chi connectivity index (χ4v) is 4.37. The number of morpholine rings is 1. The molecule has 0 aliphatic carbocycles. The number of hydrogen-bond donors (Lipinski definition) is 2. The largest absolute Gasteiger partial charge is 0.478 e. The van der Waals surface area contributed by atoms with Gasteiger partial charge in [-0.15, -0.1) is 0 Å². The fourth-order valence-electron chi connectivity index (χ4n) is 3.28. The number of fused-ring (bicyclic) bond motifs is 1. The molecular weight excluding hydrogens is 426 g/mol. The number of nitrogens with zero attached hydrogens (tertiary/aromatic N) is 1. The lowest BCUT2D eigenvalue weighted by atomic mass is 10.1. The van der Waals surface area contributed by atoms with E-state index in [1.165, 1.54) is 26.1 Å². The predicted octanol–water partition coefficient (Wildman–Crippen LogP) is 4.54. The highest BCUT2D eigenvalue weighted by molar-refractivity contribution is 7.99. The number of ether oxygens (including phenoxy) is 1. The van der Waals surface area contributed by atoms with Crippen molar-refractivity contribution in [1.29, 1.82) is 0 Å². The van der Waals surface area contributed by atoms with E-state index >= 15 is 0 Å². The summed E-state index contributed by atoms with van der Waals surface area (Å²) in [5.41, 5.74) is 1.40. The first kappa shape index (κ1) is 23.5. The van der Waals surface area contributed by atoms with Crippen LogP contribution in [0, 0.1) is 0 Å². The van der Waals surface area contributed by atoms with Crippen molar-refractivity contribution in [2.45, 2.75) is 16.3 Å². The molecule has 3 aromatic carbocycles. The van der Waals surface area contributed by atoms with Gasteiger partial charge in [0.05, 0.1) is 13.2 Å². The maximum atomic E-state index is 9.55. The standard InChI is InChI=1S/C21H21NOS.C4H4O4/c1-3-9-19-17(6-1)8-5-11-21(19)24-20-10-4-2-7-18(20)16-22-12-14-23-15-13-22;5-3(6)1-2-4(7)8/h1-11H,12-16H2;1-2H,(H,5,6)(H,7,8). The average Bonchev–Trinajstić information content (AvgIpc) is 2.80. The molecule has 0 bridgehead atoms. The summed E-state index contributed by atoms with van der Waals surface area (Å²) in [5, 5.41) is 18.2. The zero-order chi connectivity index (χ0) is 22.8. The molecule has 0 aromatic heterocycles. The minimum absolute atomic E-state index is 0.558. The van der Waals surface area contributed by atoms with Crippen molar-refractivity contribution in [3.63, 3.8) is 0 Å². The van der Waals surface area contributed by atoms with E-state index in [0.29, 0.717) is 12.2 Å². The van der Waals surface area contributed by atoms with Crippen molar-refractivity contribution in [3.8, 4) is 0 Å². The Morgan fingerprint density at radius 1 is 0.844 bits per heavy atom. The number of carboxylic acid groups (broad SMARTS) is 2. The Bertz CT molecular complexity index is 1070. The Labute approximate surface area is 191 Å². The summed E-state index contributed by atoms with van der Waals surface area (Å²) in [7, 11) is 0. The number of benzene rings is 3. The van der Waals surface area contributed by atoms with Gasteiger partial charge >= 0.3 is 11.9 Å². The Balaban J connectivity index is 0.000000312. The topological polar surface area (TPSA) is 87.1 Å². The first-order chi connectivity index (χ1) is 15.5. The number of carbonyl (C=O) groups is 2. The molecule has 2 N–H and O–H groups in total. The minimum Gasteiger partial charge on any atom is -0.478 e. The molecule has 0 spiro atoms. The third kappa shape index (κ3) is 7.23. The molecule has 0 saturated carbocycles. The fraction of sp³-hybridized carbons (Fsp3) is 0.200. The number of rotatable bonds is 6. The Morgan fingerprint density at radius 3 is 2.16 bits per heavy atom. The molecule has 7 heteroatoms. The molecule has 4 rings (SSSR count). The van der Waals surface area contributed by atoms with Gasteiger partial charge in [-0.3, -0.25) is 4.90 Å². The highest BCUT2D eigenvalue weighted by atomic mass is 32.2. The second-order valence-electron chi connectivity index (χ2n) is 7.09. The van der Waals surface area contributed by atoms with E-state index < -0.39 is 11.9 Å². The Kier molecular flexibility index (Phi) is 8.86. The molecule has 166 valence electrons. The van der Waals surface area contributed by atoms with E-state index in [9.17, 15) is 9.59 Å². The van der Waals surface area contributed by atoms with Crippen molar-refractivity contribution in [3.05, 3.63) is 84.4 Å². The van der Waals surface area contributed by atoms with Gasteiger partial charge in [-0.05, 0) is 28.5 Å².